The first-order valence-corrected chi connectivity index (χ1v) is 12.8. The van der Waals surface area contributed by atoms with E-state index >= 15 is 0 Å². The van der Waals surface area contributed by atoms with Gasteiger partial charge in [0.1, 0.15) is 5.75 Å². The van der Waals surface area contributed by atoms with Gasteiger partial charge in [0.2, 0.25) is 0 Å². The maximum absolute atomic E-state index is 5.91. The average molecular weight is 418 g/mol. The molecule has 1 saturated carbocycles. The molecule has 2 aliphatic carbocycles. The highest BCUT2D eigenvalue weighted by molar-refractivity contribution is 5.39. The Hall–Kier alpha value is -1.80. The number of piperidine rings is 1. The van der Waals surface area contributed by atoms with Gasteiger partial charge in [-0.05, 0) is 99.6 Å². The molecule has 166 valence electrons. The molecule has 1 aliphatic heterocycles. The molecule has 1 saturated heterocycles. The Morgan fingerprint density at radius 1 is 0.806 bits per heavy atom. The normalized spacial score (nSPS) is 25.4. The van der Waals surface area contributed by atoms with Crippen LogP contribution in [0, 0.1) is 11.8 Å². The van der Waals surface area contributed by atoms with Crippen LogP contribution in [0.2, 0.25) is 0 Å². The summed E-state index contributed by atoms with van der Waals surface area (Å²) in [5.74, 6) is 2.79. The van der Waals surface area contributed by atoms with Gasteiger partial charge in [0.25, 0.3) is 0 Å². The van der Waals surface area contributed by atoms with E-state index in [1.165, 1.54) is 77.4 Å². The zero-order valence-electron chi connectivity index (χ0n) is 19.1. The lowest BCUT2D eigenvalue weighted by atomic mass is 9.54. The van der Waals surface area contributed by atoms with E-state index in [4.69, 9.17) is 4.74 Å². The van der Waals surface area contributed by atoms with Gasteiger partial charge in [-0.15, -0.1) is 0 Å². The van der Waals surface area contributed by atoms with Crippen LogP contribution in [0.3, 0.4) is 0 Å². The quantitative estimate of drug-likeness (QED) is 0.469. The number of likely N-dealkylation sites (tertiary alicyclic amines) is 1. The third-order valence-electron chi connectivity index (χ3n) is 8.59. The first-order chi connectivity index (χ1) is 15.4. The summed E-state index contributed by atoms with van der Waals surface area (Å²) in [6.07, 6.45) is 13.8. The molecule has 0 N–H and O–H groups in total. The van der Waals surface area contributed by atoms with Crippen molar-refractivity contribution in [3.05, 3.63) is 65.7 Å². The van der Waals surface area contributed by atoms with Gasteiger partial charge in [-0.2, -0.15) is 0 Å². The summed E-state index contributed by atoms with van der Waals surface area (Å²) in [6, 6.07) is 19.8. The maximum atomic E-state index is 5.91. The van der Waals surface area contributed by atoms with Crippen molar-refractivity contribution in [3.8, 4) is 5.75 Å². The SMILES string of the molecule is c1ccc(OCCCN2CCC(C3(C4CCCC4)CCCc4ccccc43)CC2)cc1. The Labute approximate surface area is 189 Å². The number of hydrogen-bond acceptors (Lipinski definition) is 2. The molecule has 1 heterocycles. The molecule has 2 fully saturated rings. The second-order valence-corrected chi connectivity index (χ2v) is 10.2. The molecule has 0 radical (unpaired) electrons. The van der Waals surface area contributed by atoms with Gasteiger partial charge < -0.3 is 9.64 Å². The molecule has 2 heteroatoms. The average Bonchev–Trinajstić information content (AvgIpc) is 3.38. The molecule has 3 aliphatic rings. The third-order valence-corrected chi connectivity index (χ3v) is 8.59. The first kappa shape index (κ1) is 21.1. The van der Waals surface area contributed by atoms with Crippen molar-refractivity contribution in [3.63, 3.8) is 0 Å². The Bertz CT molecular complexity index is 820. The first-order valence-electron chi connectivity index (χ1n) is 12.8. The van der Waals surface area contributed by atoms with E-state index < -0.39 is 0 Å². The smallest absolute Gasteiger partial charge is 0.119 e. The lowest BCUT2D eigenvalue weighted by Gasteiger charge is -2.52. The molecule has 0 aromatic heterocycles. The van der Waals surface area contributed by atoms with Crippen molar-refractivity contribution in [2.45, 2.75) is 69.6 Å². The lowest BCUT2D eigenvalue weighted by Crippen LogP contribution is -2.49. The highest BCUT2D eigenvalue weighted by Gasteiger charge is 2.49. The lowest BCUT2D eigenvalue weighted by molar-refractivity contribution is 0.0712. The number of benzene rings is 2. The van der Waals surface area contributed by atoms with E-state index in [0.717, 1.165) is 30.6 Å². The van der Waals surface area contributed by atoms with Crippen molar-refractivity contribution < 1.29 is 4.74 Å². The highest BCUT2D eigenvalue weighted by atomic mass is 16.5. The van der Waals surface area contributed by atoms with Crippen LogP contribution in [0.15, 0.2) is 54.6 Å². The molecule has 2 aromatic rings. The number of para-hydroxylation sites is 1. The van der Waals surface area contributed by atoms with Gasteiger partial charge in [0, 0.05) is 12.0 Å². The molecular weight excluding hydrogens is 378 g/mol. The number of hydrogen-bond donors (Lipinski definition) is 0. The minimum absolute atomic E-state index is 0.466. The van der Waals surface area contributed by atoms with Crippen LogP contribution >= 0.6 is 0 Å². The summed E-state index contributed by atoms with van der Waals surface area (Å²) in [5.41, 5.74) is 3.89. The number of rotatable bonds is 7. The minimum atomic E-state index is 0.466. The topological polar surface area (TPSA) is 12.5 Å². The van der Waals surface area contributed by atoms with Gasteiger partial charge in [-0.1, -0.05) is 55.3 Å². The van der Waals surface area contributed by atoms with Crippen molar-refractivity contribution in [1.29, 1.82) is 0 Å². The van der Waals surface area contributed by atoms with E-state index in [1.54, 1.807) is 11.1 Å². The standard InChI is InChI=1S/C29H39NO/c1-2-14-27(15-3-1)31-23-9-20-30-21-17-26(18-22-30)29(25-12-5-6-13-25)19-8-11-24-10-4-7-16-28(24)29/h1-4,7,10,14-16,25-26H,5-6,8-9,11-13,17-23H2. The van der Waals surface area contributed by atoms with Crippen molar-refractivity contribution in [1.82, 2.24) is 4.90 Å². The molecule has 5 rings (SSSR count). The predicted molar refractivity (Wildman–Crippen MR) is 129 cm³/mol. The van der Waals surface area contributed by atoms with Crippen molar-refractivity contribution >= 4 is 0 Å². The van der Waals surface area contributed by atoms with Gasteiger partial charge in [0.15, 0.2) is 0 Å². The Morgan fingerprint density at radius 3 is 2.32 bits per heavy atom. The molecule has 0 spiro atoms. The second-order valence-electron chi connectivity index (χ2n) is 10.2. The summed E-state index contributed by atoms with van der Waals surface area (Å²) < 4.78 is 5.91. The van der Waals surface area contributed by atoms with E-state index in [0.29, 0.717) is 5.41 Å². The molecule has 2 nitrogen and oxygen atoms in total. The van der Waals surface area contributed by atoms with Crippen LogP contribution < -0.4 is 4.74 Å². The van der Waals surface area contributed by atoms with Crippen LogP contribution in [-0.2, 0) is 11.8 Å². The second kappa shape index (κ2) is 9.77. The number of aryl methyl sites for hydroxylation is 1. The molecule has 2 aromatic carbocycles. The molecular formula is C29H39NO. The van der Waals surface area contributed by atoms with Crippen LogP contribution in [0.5, 0.6) is 5.75 Å². The van der Waals surface area contributed by atoms with E-state index in [-0.39, 0.29) is 0 Å². The largest absolute Gasteiger partial charge is 0.494 e. The minimum Gasteiger partial charge on any atom is -0.494 e. The van der Waals surface area contributed by atoms with Crippen LogP contribution in [0.25, 0.3) is 0 Å². The van der Waals surface area contributed by atoms with Crippen LogP contribution in [0.1, 0.15) is 68.9 Å². The fourth-order valence-electron chi connectivity index (χ4n) is 7.19. The molecule has 1 unspecified atom stereocenters. The Balaban J connectivity index is 1.21. The van der Waals surface area contributed by atoms with E-state index in [2.05, 4.69) is 41.3 Å². The summed E-state index contributed by atoms with van der Waals surface area (Å²) >= 11 is 0. The number of ether oxygens (including phenoxy) is 1. The van der Waals surface area contributed by atoms with Crippen molar-refractivity contribution in [2.75, 3.05) is 26.2 Å². The predicted octanol–water partition coefficient (Wildman–Crippen LogP) is 6.63. The van der Waals surface area contributed by atoms with E-state index in [1.807, 2.05) is 18.2 Å². The highest BCUT2D eigenvalue weighted by Crippen LogP contribution is 2.55. The zero-order valence-corrected chi connectivity index (χ0v) is 19.1. The van der Waals surface area contributed by atoms with Crippen LogP contribution in [-0.4, -0.2) is 31.1 Å². The molecule has 0 amide bonds. The molecule has 31 heavy (non-hydrogen) atoms. The Kier molecular flexibility index (Phi) is 6.64. The number of fused-ring (bicyclic) bond motifs is 1. The monoisotopic (exact) mass is 417 g/mol. The molecule has 0 bridgehead atoms. The summed E-state index contributed by atoms with van der Waals surface area (Å²) in [4.78, 5) is 2.70. The summed E-state index contributed by atoms with van der Waals surface area (Å²) in [5, 5.41) is 0. The van der Waals surface area contributed by atoms with Crippen LogP contribution in [0.4, 0.5) is 0 Å². The Morgan fingerprint density at radius 2 is 1.52 bits per heavy atom. The fourth-order valence-corrected chi connectivity index (χ4v) is 7.19. The van der Waals surface area contributed by atoms with E-state index in [9.17, 15) is 0 Å². The fraction of sp³-hybridized carbons (Fsp3) is 0.586. The summed E-state index contributed by atoms with van der Waals surface area (Å²) in [7, 11) is 0. The maximum Gasteiger partial charge on any atom is 0.119 e. The number of nitrogens with zero attached hydrogens (tertiary/aromatic N) is 1. The molecule has 1 atom stereocenters. The van der Waals surface area contributed by atoms with Gasteiger partial charge >= 0.3 is 0 Å². The van der Waals surface area contributed by atoms with Crippen molar-refractivity contribution in [2.24, 2.45) is 11.8 Å². The van der Waals surface area contributed by atoms with Gasteiger partial charge in [0.05, 0.1) is 6.61 Å². The van der Waals surface area contributed by atoms with Gasteiger partial charge in [-0.3, -0.25) is 0 Å². The zero-order chi connectivity index (χ0) is 20.9. The van der Waals surface area contributed by atoms with Gasteiger partial charge in [-0.25, -0.2) is 0 Å². The summed E-state index contributed by atoms with van der Waals surface area (Å²) in [6.45, 7) is 4.54. The third kappa shape index (κ3) is 4.42.